The third kappa shape index (κ3) is 5.71. The lowest BCUT2D eigenvalue weighted by atomic mass is 10.2. The molecule has 0 aliphatic carbocycles. The third-order valence-electron chi connectivity index (χ3n) is 2.44. The zero-order chi connectivity index (χ0) is 13.4. The van der Waals surface area contributed by atoms with Crippen LogP contribution in [0.2, 0.25) is 5.02 Å². The van der Waals surface area contributed by atoms with Crippen LogP contribution in [0, 0.1) is 5.92 Å². The first kappa shape index (κ1) is 15.3. The molecule has 1 rings (SSSR count). The van der Waals surface area contributed by atoms with Gasteiger partial charge >= 0.3 is 0 Å². The molecule has 1 aromatic rings. The van der Waals surface area contributed by atoms with Crippen molar-refractivity contribution in [2.24, 2.45) is 5.92 Å². The summed E-state index contributed by atoms with van der Waals surface area (Å²) in [5.41, 5.74) is 1.15. The summed E-state index contributed by atoms with van der Waals surface area (Å²) in [5.74, 6) is 1.32. The Labute approximate surface area is 114 Å². The third-order valence-corrected chi connectivity index (χ3v) is 2.73. The molecule has 0 atom stereocenters. The summed E-state index contributed by atoms with van der Waals surface area (Å²) in [4.78, 5) is 0. The quantitative estimate of drug-likeness (QED) is 0.715. The largest absolute Gasteiger partial charge is 0.492 e. The Bertz CT molecular complexity index is 356. The molecule has 0 saturated carbocycles. The predicted molar refractivity (Wildman–Crippen MR) is 75.2 cm³/mol. The van der Waals surface area contributed by atoms with Gasteiger partial charge in [-0.1, -0.05) is 31.5 Å². The molecule has 0 aromatic heterocycles. The highest BCUT2D eigenvalue weighted by Gasteiger charge is 2.03. The number of halogens is 1. The lowest BCUT2D eigenvalue weighted by molar-refractivity contribution is 0.233. The number of aliphatic hydroxyl groups is 1. The summed E-state index contributed by atoms with van der Waals surface area (Å²) in [6.07, 6.45) is 0.619. The minimum Gasteiger partial charge on any atom is -0.492 e. The van der Waals surface area contributed by atoms with Gasteiger partial charge in [0, 0.05) is 19.6 Å². The molecule has 18 heavy (non-hydrogen) atoms. The van der Waals surface area contributed by atoms with Gasteiger partial charge in [-0.05, 0) is 30.2 Å². The van der Waals surface area contributed by atoms with Gasteiger partial charge in [0.05, 0.1) is 11.6 Å². The first-order chi connectivity index (χ1) is 8.63. The lowest BCUT2D eigenvalue weighted by Gasteiger charge is -2.10. The Morgan fingerprint density at radius 3 is 2.78 bits per heavy atom. The average Bonchev–Trinajstić information content (AvgIpc) is 2.31. The number of nitrogens with one attached hydrogen (secondary N) is 1. The van der Waals surface area contributed by atoms with Crippen molar-refractivity contribution >= 4 is 11.6 Å². The molecule has 0 fully saturated rings. The second-order valence-corrected chi connectivity index (χ2v) is 5.12. The van der Waals surface area contributed by atoms with Crippen LogP contribution in [0.5, 0.6) is 5.75 Å². The van der Waals surface area contributed by atoms with Crippen molar-refractivity contribution in [3.8, 4) is 5.75 Å². The second kappa shape index (κ2) is 8.35. The number of ether oxygens (including phenoxy) is 1. The van der Waals surface area contributed by atoms with Gasteiger partial charge in [-0.15, -0.1) is 0 Å². The van der Waals surface area contributed by atoms with Crippen molar-refractivity contribution in [1.82, 2.24) is 5.32 Å². The zero-order valence-corrected chi connectivity index (χ0v) is 11.8. The molecule has 4 heteroatoms. The van der Waals surface area contributed by atoms with Gasteiger partial charge in [0.2, 0.25) is 0 Å². The summed E-state index contributed by atoms with van der Waals surface area (Å²) in [5, 5.41) is 12.7. The molecular formula is C14H22ClNO2. The van der Waals surface area contributed by atoms with E-state index in [2.05, 4.69) is 19.2 Å². The molecule has 0 heterocycles. The van der Waals surface area contributed by atoms with Gasteiger partial charge in [0.1, 0.15) is 5.75 Å². The summed E-state index contributed by atoms with van der Waals surface area (Å²) in [6.45, 7) is 6.79. The van der Waals surface area contributed by atoms with Crippen LogP contribution in [-0.2, 0) is 6.54 Å². The standard InChI is InChI=1S/C14H22ClNO2/c1-11(2)9-16-10-12-4-5-14(13(15)8-12)18-7-3-6-17/h4-5,8,11,16-17H,3,6-7,9-10H2,1-2H3. The molecule has 2 N–H and O–H groups in total. The van der Waals surface area contributed by atoms with E-state index in [0.29, 0.717) is 29.7 Å². The van der Waals surface area contributed by atoms with Crippen LogP contribution >= 0.6 is 11.6 Å². The zero-order valence-electron chi connectivity index (χ0n) is 11.1. The van der Waals surface area contributed by atoms with Gasteiger partial charge in [0.25, 0.3) is 0 Å². The number of rotatable bonds is 8. The first-order valence-corrected chi connectivity index (χ1v) is 6.74. The summed E-state index contributed by atoms with van der Waals surface area (Å²) in [6, 6.07) is 5.81. The molecule has 102 valence electrons. The molecular weight excluding hydrogens is 250 g/mol. The van der Waals surface area contributed by atoms with E-state index in [1.165, 1.54) is 0 Å². The highest BCUT2D eigenvalue weighted by Crippen LogP contribution is 2.25. The maximum absolute atomic E-state index is 8.68. The molecule has 0 bridgehead atoms. The Morgan fingerprint density at radius 2 is 2.17 bits per heavy atom. The van der Waals surface area contributed by atoms with E-state index in [9.17, 15) is 0 Å². The fraction of sp³-hybridized carbons (Fsp3) is 0.571. The van der Waals surface area contributed by atoms with Gasteiger partial charge in [-0.2, -0.15) is 0 Å². The van der Waals surface area contributed by atoms with E-state index in [0.717, 1.165) is 18.7 Å². The Morgan fingerprint density at radius 1 is 1.39 bits per heavy atom. The van der Waals surface area contributed by atoms with E-state index in [4.69, 9.17) is 21.4 Å². The fourth-order valence-corrected chi connectivity index (χ4v) is 1.78. The molecule has 0 amide bonds. The normalized spacial score (nSPS) is 10.9. The number of hydrogen-bond donors (Lipinski definition) is 2. The van der Waals surface area contributed by atoms with Crippen LogP contribution in [0.25, 0.3) is 0 Å². The monoisotopic (exact) mass is 271 g/mol. The van der Waals surface area contributed by atoms with Crippen LogP contribution in [0.4, 0.5) is 0 Å². The number of hydrogen-bond acceptors (Lipinski definition) is 3. The number of aliphatic hydroxyl groups excluding tert-OH is 1. The second-order valence-electron chi connectivity index (χ2n) is 4.72. The summed E-state index contributed by atoms with van der Waals surface area (Å²) in [7, 11) is 0. The van der Waals surface area contributed by atoms with Crippen molar-refractivity contribution in [1.29, 1.82) is 0 Å². The van der Waals surface area contributed by atoms with Crippen LogP contribution in [0.15, 0.2) is 18.2 Å². The highest BCUT2D eigenvalue weighted by molar-refractivity contribution is 6.32. The van der Waals surface area contributed by atoms with E-state index in [1.807, 2.05) is 18.2 Å². The van der Waals surface area contributed by atoms with E-state index in [-0.39, 0.29) is 6.61 Å². The molecule has 0 aliphatic rings. The van der Waals surface area contributed by atoms with E-state index >= 15 is 0 Å². The Balaban J connectivity index is 2.45. The van der Waals surface area contributed by atoms with E-state index in [1.54, 1.807) is 0 Å². The maximum atomic E-state index is 8.68. The molecule has 0 aliphatic heterocycles. The average molecular weight is 272 g/mol. The molecule has 0 radical (unpaired) electrons. The minimum absolute atomic E-state index is 0.134. The molecule has 3 nitrogen and oxygen atoms in total. The van der Waals surface area contributed by atoms with Crippen molar-refractivity contribution in [2.75, 3.05) is 19.8 Å². The SMILES string of the molecule is CC(C)CNCc1ccc(OCCCO)c(Cl)c1. The smallest absolute Gasteiger partial charge is 0.137 e. The Kier molecular flexibility index (Phi) is 7.09. The lowest BCUT2D eigenvalue weighted by Crippen LogP contribution is -2.18. The molecule has 1 aromatic carbocycles. The predicted octanol–water partition coefficient (Wildman–Crippen LogP) is 2.85. The van der Waals surface area contributed by atoms with Crippen molar-refractivity contribution < 1.29 is 9.84 Å². The van der Waals surface area contributed by atoms with Crippen LogP contribution < -0.4 is 10.1 Å². The number of benzene rings is 1. The van der Waals surface area contributed by atoms with Gasteiger partial charge < -0.3 is 15.2 Å². The molecule has 0 saturated heterocycles. The highest BCUT2D eigenvalue weighted by atomic mass is 35.5. The van der Waals surface area contributed by atoms with Crippen LogP contribution in [-0.4, -0.2) is 24.9 Å². The van der Waals surface area contributed by atoms with Crippen LogP contribution in [0.1, 0.15) is 25.8 Å². The molecule has 0 spiro atoms. The molecule has 0 unspecified atom stereocenters. The topological polar surface area (TPSA) is 41.5 Å². The maximum Gasteiger partial charge on any atom is 0.137 e. The van der Waals surface area contributed by atoms with Gasteiger partial charge in [-0.3, -0.25) is 0 Å². The minimum atomic E-state index is 0.134. The Hall–Kier alpha value is -0.770. The van der Waals surface area contributed by atoms with Crippen molar-refractivity contribution in [3.63, 3.8) is 0 Å². The fourth-order valence-electron chi connectivity index (χ4n) is 1.52. The van der Waals surface area contributed by atoms with Gasteiger partial charge in [-0.25, -0.2) is 0 Å². The van der Waals surface area contributed by atoms with Crippen molar-refractivity contribution in [3.05, 3.63) is 28.8 Å². The first-order valence-electron chi connectivity index (χ1n) is 6.36. The van der Waals surface area contributed by atoms with Crippen molar-refractivity contribution in [2.45, 2.75) is 26.8 Å². The van der Waals surface area contributed by atoms with E-state index < -0.39 is 0 Å². The summed E-state index contributed by atoms with van der Waals surface area (Å²) < 4.78 is 5.46. The summed E-state index contributed by atoms with van der Waals surface area (Å²) >= 11 is 6.13. The van der Waals surface area contributed by atoms with Gasteiger partial charge in [0.15, 0.2) is 0 Å². The van der Waals surface area contributed by atoms with Crippen LogP contribution in [0.3, 0.4) is 0 Å².